The lowest BCUT2D eigenvalue weighted by Gasteiger charge is -2.27. The van der Waals surface area contributed by atoms with Crippen LogP contribution in [0.1, 0.15) is 24.0 Å². The molecule has 1 fully saturated rings. The second-order valence-corrected chi connectivity index (χ2v) is 4.76. The maximum atomic E-state index is 11.8. The van der Waals surface area contributed by atoms with Crippen molar-refractivity contribution in [2.45, 2.75) is 32.4 Å². The predicted molar refractivity (Wildman–Crippen MR) is 71.5 cm³/mol. The molecular weight excluding hydrogens is 228 g/mol. The summed E-state index contributed by atoms with van der Waals surface area (Å²) in [4.78, 5) is 14.0. The molecule has 0 saturated carbocycles. The van der Waals surface area contributed by atoms with Crippen LogP contribution >= 0.6 is 0 Å². The molecule has 1 aromatic rings. The number of hydrogen-bond donors (Lipinski definition) is 2. The van der Waals surface area contributed by atoms with Gasteiger partial charge in [0.05, 0.1) is 6.61 Å². The Hall–Kier alpha value is -1.55. The maximum Gasteiger partial charge on any atom is 0.242 e. The van der Waals surface area contributed by atoms with Crippen LogP contribution in [0.5, 0.6) is 0 Å². The highest BCUT2D eigenvalue weighted by Crippen LogP contribution is 2.29. The third-order valence-electron chi connectivity index (χ3n) is 3.52. The Morgan fingerprint density at radius 1 is 1.56 bits per heavy atom. The van der Waals surface area contributed by atoms with E-state index in [9.17, 15) is 9.90 Å². The lowest BCUT2D eigenvalue weighted by atomic mass is 10.1. The summed E-state index contributed by atoms with van der Waals surface area (Å²) in [5.41, 5.74) is 3.00. The van der Waals surface area contributed by atoms with Gasteiger partial charge in [0.25, 0.3) is 0 Å². The van der Waals surface area contributed by atoms with Gasteiger partial charge in [-0.05, 0) is 25.8 Å². The van der Waals surface area contributed by atoms with Crippen LogP contribution in [0.2, 0.25) is 0 Å². The highest BCUT2D eigenvalue weighted by atomic mass is 16.3. The molecule has 1 heterocycles. The molecule has 0 spiro atoms. The number of likely N-dealkylation sites (N-methyl/N-ethyl adjacent to an activating group) is 1. The van der Waals surface area contributed by atoms with Gasteiger partial charge in [-0.1, -0.05) is 17.7 Å². The van der Waals surface area contributed by atoms with Gasteiger partial charge in [-0.3, -0.25) is 4.79 Å². The van der Waals surface area contributed by atoms with Crippen molar-refractivity contribution in [1.82, 2.24) is 5.32 Å². The second-order valence-electron chi connectivity index (χ2n) is 4.76. The molecule has 0 aromatic heterocycles. The largest absolute Gasteiger partial charge is 0.392 e. The average molecular weight is 248 g/mol. The Labute approximate surface area is 108 Å². The highest BCUT2D eigenvalue weighted by Gasteiger charge is 2.31. The molecule has 98 valence electrons. The number of amides is 1. The first-order valence-electron chi connectivity index (χ1n) is 6.36. The molecule has 4 heteroatoms. The van der Waals surface area contributed by atoms with Gasteiger partial charge < -0.3 is 15.3 Å². The molecule has 1 aromatic carbocycles. The van der Waals surface area contributed by atoms with Gasteiger partial charge in [0, 0.05) is 24.8 Å². The average Bonchev–Trinajstić information content (AvgIpc) is 2.86. The van der Waals surface area contributed by atoms with E-state index in [-0.39, 0.29) is 18.6 Å². The fourth-order valence-corrected chi connectivity index (χ4v) is 2.62. The summed E-state index contributed by atoms with van der Waals surface area (Å²) in [7, 11) is 1.67. The molecule has 0 radical (unpaired) electrons. The van der Waals surface area contributed by atoms with Crippen LogP contribution in [0, 0.1) is 6.92 Å². The van der Waals surface area contributed by atoms with Crippen molar-refractivity contribution in [1.29, 1.82) is 0 Å². The number of benzene rings is 1. The van der Waals surface area contributed by atoms with Crippen LogP contribution in [0.15, 0.2) is 18.2 Å². The number of carbonyl (C=O) groups excluding carboxylic acids is 1. The predicted octanol–water partition coefficient (Wildman–Crippen LogP) is 1.20. The summed E-state index contributed by atoms with van der Waals surface area (Å²) in [6, 6.07) is 5.90. The second kappa shape index (κ2) is 5.40. The zero-order chi connectivity index (χ0) is 13.1. The Balaban J connectivity index is 2.32. The van der Waals surface area contributed by atoms with E-state index >= 15 is 0 Å². The topological polar surface area (TPSA) is 52.6 Å². The standard InChI is InChI=1S/C14H20N2O2/c1-10-5-6-12(11(8-10)9-17)16-7-3-4-13(16)14(18)15-2/h5-6,8,13,17H,3-4,7,9H2,1-2H3,(H,15,18). The highest BCUT2D eigenvalue weighted by molar-refractivity contribution is 5.86. The van der Waals surface area contributed by atoms with Crippen molar-refractivity contribution in [2.75, 3.05) is 18.5 Å². The first kappa shape index (κ1) is 12.9. The Bertz CT molecular complexity index is 445. The minimum Gasteiger partial charge on any atom is -0.392 e. The van der Waals surface area contributed by atoms with Crippen LogP contribution < -0.4 is 10.2 Å². The van der Waals surface area contributed by atoms with E-state index in [0.29, 0.717) is 0 Å². The number of aliphatic hydroxyl groups is 1. The van der Waals surface area contributed by atoms with Gasteiger partial charge in [-0.25, -0.2) is 0 Å². The van der Waals surface area contributed by atoms with Crippen molar-refractivity contribution >= 4 is 11.6 Å². The van der Waals surface area contributed by atoms with Gasteiger partial charge in [0.2, 0.25) is 5.91 Å². The van der Waals surface area contributed by atoms with Crippen molar-refractivity contribution in [3.05, 3.63) is 29.3 Å². The lowest BCUT2D eigenvalue weighted by molar-refractivity contribution is -0.121. The molecule has 1 saturated heterocycles. The SMILES string of the molecule is CNC(=O)C1CCCN1c1ccc(C)cc1CO. The van der Waals surface area contributed by atoms with Crippen LogP contribution in [0.3, 0.4) is 0 Å². The molecular formula is C14H20N2O2. The number of nitrogens with zero attached hydrogens (tertiary/aromatic N) is 1. The van der Waals surface area contributed by atoms with Gasteiger partial charge in [-0.2, -0.15) is 0 Å². The van der Waals surface area contributed by atoms with E-state index in [0.717, 1.165) is 36.2 Å². The van der Waals surface area contributed by atoms with E-state index in [4.69, 9.17) is 0 Å². The Morgan fingerprint density at radius 2 is 2.33 bits per heavy atom. The number of aryl methyl sites for hydroxylation is 1. The van der Waals surface area contributed by atoms with Gasteiger partial charge in [-0.15, -0.1) is 0 Å². The van der Waals surface area contributed by atoms with Gasteiger partial charge in [0.15, 0.2) is 0 Å². The number of nitrogens with one attached hydrogen (secondary N) is 1. The van der Waals surface area contributed by atoms with Crippen LogP contribution in [0.4, 0.5) is 5.69 Å². The zero-order valence-corrected chi connectivity index (χ0v) is 10.9. The van der Waals surface area contributed by atoms with Crippen molar-refractivity contribution in [3.8, 4) is 0 Å². The molecule has 2 rings (SSSR count). The van der Waals surface area contributed by atoms with Crippen LogP contribution in [-0.4, -0.2) is 30.6 Å². The number of carbonyl (C=O) groups is 1. The zero-order valence-electron chi connectivity index (χ0n) is 10.9. The fourth-order valence-electron chi connectivity index (χ4n) is 2.62. The fraction of sp³-hybridized carbons (Fsp3) is 0.500. The number of aliphatic hydroxyl groups excluding tert-OH is 1. The van der Waals surface area contributed by atoms with Gasteiger partial charge >= 0.3 is 0 Å². The monoisotopic (exact) mass is 248 g/mol. The van der Waals surface area contributed by atoms with E-state index in [1.807, 2.05) is 25.1 Å². The first-order valence-corrected chi connectivity index (χ1v) is 6.36. The number of rotatable bonds is 3. The lowest BCUT2D eigenvalue weighted by Crippen LogP contribution is -2.42. The molecule has 1 unspecified atom stereocenters. The van der Waals surface area contributed by atoms with Crippen molar-refractivity contribution in [2.24, 2.45) is 0 Å². The minimum atomic E-state index is -0.108. The summed E-state index contributed by atoms with van der Waals surface area (Å²) in [6.07, 6.45) is 1.88. The van der Waals surface area contributed by atoms with Crippen molar-refractivity contribution in [3.63, 3.8) is 0 Å². The molecule has 1 aliphatic rings. The van der Waals surface area contributed by atoms with Crippen molar-refractivity contribution < 1.29 is 9.90 Å². The van der Waals surface area contributed by atoms with Crippen LogP contribution in [0.25, 0.3) is 0 Å². The molecule has 4 nitrogen and oxygen atoms in total. The van der Waals surface area contributed by atoms with E-state index in [1.54, 1.807) is 7.05 Å². The molecule has 1 amide bonds. The molecule has 1 aliphatic heterocycles. The molecule has 18 heavy (non-hydrogen) atoms. The number of anilines is 1. The van der Waals surface area contributed by atoms with E-state index < -0.39 is 0 Å². The summed E-state index contributed by atoms with van der Waals surface area (Å²) in [5.74, 6) is 0.0527. The van der Waals surface area contributed by atoms with E-state index in [1.165, 1.54) is 0 Å². The quantitative estimate of drug-likeness (QED) is 0.845. The third-order valence-corrected chi connectivity index (χ3v) is 3.52. The first-order chi connectivity index (χ1) is 8.67. The minimum absolute atomic E-state index is 0.00791. The summed E-state index contributed by atoms with van der Waals surface area (Å²) in [6.45, 7) is 2.88. The summed E-state index contributed by atoms with van der Waals surface area (Å²) >= 11 is 0. The van der Waals surface area contributed by atoms with Crippen LogP contribution in [-0.2, 0) is 11.4 Å². The normalized spacial score (nSPS) is 19.1. The smallest absolute Gasteiger partial charge is 0.242 e. The summed E-state index contributed by atoms with van der Waals surface area (Å²) < 4.78 is 0. The molecule has 0 bridgehead atoms. The maximum absolute atomic E-state index is 11.8. The number of hydrogen-bond acceptors (Lipinski definition) is 3. The van der Waals surface area contributed by atoms with Gasteiger partial charge in [0.1, 0.15) is 6.04 Å². The molecule has 2 N–H and O–H groups in total. The summed E-state index contributed by atoms with van der Waals surface area (Å²) in [5, 5.41) is 12.2. The Kier molecular flexibility index (Phi) is 3.87. The Morgan fingerprint density at radius 3 is 3.00 bits per heavy atom. The van der Waals surface area contributed by atoms with E-state index in [2.05, 4.69) is 10.2 Å². The molecule has 1 atom stereocenters. The molecule has 0 aliphatic carbocycles. The third kappa shape index (κ3) is 2.34.